The molecule has 3 rings (SSSR count). The average molecular weight is 232 g/mol. The number of fused-ring (bicyclic) bond motifs is 1. The number of benzene rings is 1. The monoisotopic (exact) mass is 232 g/mol. The molecule has 90 valence electrons. The highest BCUT2D eigenvalue weighted by Gasteiger charge is 2.25. The molecule has 0 radical (unpaired) electrons. The van der Waals surface area contributed by atoms with Crippen LogP contribution in [-0.4, -0.2) is 31.7 Å². The molecule has 1 atom stereocenters. The summed E-state index contributed by atoms with van der Waals surface area (Å²) >= 11 is 0. The number of nitrogens with one attached hydrogen (secondary N) is 1. The molecule has 2 heterocycles. The zero-order chi connectivity index (χ0) is 11.7. The van der Waals surface area contributed by atoms with Gasteiger partial charge in [-0.1, -0.05) is 12.1 Å². The van der Waals surface area contributed by atoms with Crippen molar-refractivity contribution in [2.24, 2.45) is 0 Å². The van der Waals surface area contributed by atoms with Crippen LogP contribution in [0, 0.1) is 0 Å². The molecule has 4 heteroatoms. The Morgan fingerprint density at radius 2 is 2.29 bits per heavy atom. The van der Waals surface area contributed by atoms with Gasteiger partial charge in [0, 0.05) is 13.2 Å². The van der Waals surface area contributed by atoms with E-state index in [9.17, 15) is 4.79 Å². The SMILES string of the molecule is O=C1CN(CC2CCCO2)c2ccccc2N1. The van der Waals surface area contributed by atoms with Crippen molar-refractivity contribution in [2.45, 2.75) is 18.9 Å². The minimum atomic E-state index is 0.0571. The highest BCUT2D eigenvalue weighted by Crippen LogP contribution is 2.29. The second-order valence-electron chi connectivity index (χ2n) is 4.58. The zero-order valence-corrected chi connectivity index (χ0v) is 9.69. The Kier molecular flexibility index (Phi) is 2.73. The van der Waals surface area contributed by atoms with Gasteiger partial charge in [0.25, 0.3) is 0 Å². The van der Waals surface area contributed by atoms with Gasteiger partial charge in [0.1, 0.15) is 0 Å². The maximum absolute atomic E-state index is 11.6. The minimum absolute atomic E-state index is 0.0571. The molecule has 1 aromatic rings. The molecule has 2 aliphatic rings. The molecule has 1 N–H and O–H groups in total. The van der Waals surface area contributed by atoms with E-state index >= 15 is 0 Å². The fourth-order valence-electron chi connectivity index (χ4n) is 2.50. The number of carbonyl (C=O) groups excluding carboxylic acids is 1. The van der Waals surface area contributed by atoms with Crippen LogP contribution >= 0.6 is 0 Å². The van der Waals surface area contributed by atoms with Crippen LogP contribution in [0.5, 0.6) is 0 Å². The molecule has 0 bridgehead atoms. The van der Waals surface area contributed by atoms with E-state index in [0.717, 1.165) is 37.4 Å². The molecule has 17 heavy (non-hydrogen) atoms. The zero-order valence-electron chi connectivity index (χ0n) is 9.69. The van der Waals surface area contributed by atoms with E-state index in [1.807, 2.05) is 24.3 Å². The number of nitrogens with zero attached hydrogens (tertiary/aromatic N) is 1. The summed E-state index contributed by atoms with van der Waals surface area (Å²) in [7, 11) is 0. The first-order chi connectivity index (χ1) is 8.33. The van der Waals surface area contributed by atoms with Crippen LogP contribution in [0.4, 0.5) is 11.4 Å². The third-order valence-electron chi connectivity index (χ3n) is 3.30. The van der Waals surface area contributed by atoms with Gasteiger partial charge in [0.05, 0.1) is 24.0 Å². The number of hydrogen-bond donors (Lipinski definition) is 1. The molecule has 0 aliphatic carbocycles. The first-order valence-electron chi connectivity index (χ1n) is 6.08. The molecule has 1 aromatic carbocycles. The van der Waals surface area contributed by atoms with Crippen molar-refractivity contribution < 1.29 is 9.53 Å². The number of amides is 1. The molecular formula is C13H16N2O2. The predicted molar refractivity (Wildman–Crippen MR) is 66.3 cm³/mol. The smallest absolute Gasteiger partial charge is 0.243 e. The van der Waals surface area contributed by atoms with Crippen LogP contribution in [0.3, 0.4) is 0 Å². The number of hydrogen-bond acceptors (Lipinski definition) is 3. The van der Waals surface area contributed by atoms with Gasteiger partial charge in [-0.05, 0) is 25.0 Å². The van der Waals surface area contributed by atoms with Crippen LogP contribution in [0.15, 0.2) is 24.3 Å². The molecule has 0 aromatic heterocycles. The molecule has 1 unspecified atom stereocenters. The van der Waals surface area contributed by atoms with Crippen molar-refractivity contribution in [2.75, 3.05) is 29.9 Å². The Balaban J connectivity index is 1.81. The average Bonchev–Trinajstić information content (AvgIpc) is 2.81. The van der Waals surface area contributed by atoms with E-state index in [0.29, 0.717) is 6.54 Å². The highest BCUT2D eigenvalue weighted by atomic mass is 16.5. The normalized spacial score (nSPS) is 23.4. The summed E-state index contributed by atoms with van der Waals surface area (Å²) in [6.07, 6.45) is 2.50. The molecule has 1 fully saturated rings. The van der Waals surface area contributed by atoms with Gasteiger partial charge in [-0.2, -0.15) is 0 Å². The summed E-state index contributed by atoms with van der Waals surface area (Å²) in [6.45, 7) is 2.09. The van der Waals surface area contributed by atoms with Crippen LogP contribution in [-0.2, 0) is 9.53 Å². The van der Waals surface area contributed by atoms with Gasteiger partial charge < -0.3 is 15.0 Å². The lowest BCUT2D eigenvalue weighted by Gasteiger charge is -2.32. The Labute approximate surface area is 101 Å². The van der Waals surface area contributed by atoms with Gasteiger partial charge in [-0.15, -0.1) is 0 Å². The topological polar surface area (TPSA) is 41.6 Å². The maximum Gasteiger partial charge on any atom is 0.243 e. The fourth-order valence-corrected chi connectivity index (χ4v) is 2.50. The molecule has 0 spiro atoms. The molecule has 0 saturated carbocycles. The molecule has 1 amide bonds. The van der Waals surface area contributed by atoms with Crippen molar-refractivity contribution in [3.8, 4) is 0 Å². The first-order valence-corrected chi connectivity index (χ1v) is 6.08. The summed E-state index contributed by atoms with van der Waals surface area (Å²) in [5.74, 6) is 0.0571. The fraction of sp³-hybridized carbons (Fsp3) is 0.462. The highest BCUT2D eigenvalue weighted by molar-refractivity contribution is 6.01. The Hall–Kier alpha value is -1.55. The number of para-hydroxylation sites is 2. The van der Waals surface area contributed by atoms with Gasteiger partial charge >= 0.3 is 0 Å². The Bertz CT molecular complexity index is 427. The van der Waals surface area contributed by atoms with E-state index in [2.05, 4.69) is 10.2 Å². The lowest BCUT2D eigenvalue weighted by molar-refractivity contribution is -0.115. The second kappa shape index (κ2) is 4.37. The van der Waals surface area contributed by atoms with Crippen LogP contribution in [0.2, 0.25) is 0 Å². The Morgan fingerprint density at radius 3 is 3.12 bits per heavy atom. The van der Waals surface area contributed by atoms with Crippen LogP contribution in [0.1, 0.15) is 12.8 Å². The summed E-state index contributed by atoms with van der Waals surface area (Å²) in [5, 5.41) is 2.89. The maximum atomic E-state index is 11.6. The Morgan fingerprint density at radius 1 is 1.41 bits per heavy atom. The largest absolute Gasteiger partial charge is 0.376 e. The van der Waals surface area contributed by atoms with Gasteiger partial charge in [0.15, 0.2) is 0 Å². The third-order valence-corrected chi connectivity index (χ3v) is 3.30. The number of carbonyl (C=O) groups is 1. The van der Waals surface area contributed by atoms with Crippen molar-refractivity contribution in [1.29, 1.82) is 0 Å². The number of anilines is 2. The van der Waals surface area contributed by atoms with E-state index in [-0.39, 0.29) is 12.0 Å². The van der Waals surface area contributed by atoms with Crippen molar-refractivity contribution in [3.63, 3.8) is 0 Å². The van der Waals surface area contributed by atoms with Crippen molar-refractivity contribution >= 4 is 17.3 Å². The second-order valence-corrected chi connectivity index (χ2v) is 4.58. The standard InChI is InChI=1S/C13H16N2O2/c16-13-9-15(8-10-4-3-7-17-10)12-6-2-1-5-11(12)14-13/h1-2,5-6,10H,3-4,7-9H2,(H,14,16). The number of rotatable bonds is 2. The summed E-state index contributed by atoms with van der Waals surface area (Å²) in [4.78, 5) is 13.7. The molecule has 4 nitrogen and oxygen atoms in total. The van der Waals surface area contributed by atoms with Crippen LogP contribution in [0.25, 0.3) is 0 Å². The quantitative estimate of drug-likeness (QED) is 0.842. The molecular weight excluding hydrogens is 216 g/mol. The van der Waals surface area contributed by atoms with Gasteiger partial charge in [0.2, 0.25) is 5.91 Å². The van der Waals surface area contributed by atoms with E-state index < -0.39 is 0 Å². The molecule has 1 saturated heterocycles. The lowest BCUT2D eigenvalue weighted by atomic mass is 10.1. The summed E-state index contributed by atoms with van der Waals surface area (Å²) in [5.41, 5.74) is 2.00. The number of ether oxygens (including phenoxy) is 1. The van der Waals surface area contributed by atoms with Crippen molar-refractivity contribution in [1.82, 2.24) is 0 Å². The summed E-state index contributed by atoms with van der Waals surface area (Å²) in [6, 6.07) is 7.92. The minimum Gasteiger partial charge on any atom is -0.376 e. The predicted octanol–water partition coefficient (Wildman–Crippen LogP) is 1.62. The van der Waals surface area contributed by atoms with Gasteiger partial charge in [-0.25, -0.2) is 0 Å². The van der Waals surface area contributed by atoms with Crippen molar-refractivity contribution in [3.05, 3.63) is 24.3 Å². The van der Waals surface area contributed by atoms with Gasteiger partial charge in [-0.3, -0.25) is 4.79 Å². The first kappa shape index (κ1) is 10.6. The molecule has 2 aliphatic heterocycles. The lowest BCUT2D eigenvalue weighted by Crippen LogP contribution is -2.42. The van der Waals surface area contributed by atoms with E-state index in [1.54, 1.807) is 0 Å². The van der Waals surface area contributed by atoms with Crippen LogP contribution < -0.4 is 10.2 Å². The van der Waals surface area contributed by atoms with E-state index in [1.165, 1.54) is 0 Å². The third kappa shape index (κ3) is 2.13. The summed E-state index contributed by atoms with van der Waals surface area (Å²) < 4.78 is 5.63. The van der Waals surface area contributed by atoms with E-state index in [4.69, 9.17) is 4.74 Å².